The van der Waals surface area contributed by atoms with Crippen molar-refractivity contribution in [2.45, 2.75) is 112 Å². The summed E-state index contributed by atoms with van der Waals surface area (Å²) in [5.41, 5.74) is 1.33. The highest BCUT2D eigenvalue weighted by molar-refractivity contribution is 5.56. The van der Waals surface area contributed by atoms with Gasteiger partial charge < -0.3 is 20.1 Å². The molecule has 0 aliphatic heterocycles. The van der Waals surface area contributed by atoms with E-state index in [4.69, 9.17) is 4.74 Å². The topological polar surface area (TPSA) is 87.0 Å². The van der Waals surface area contributed by atoms with Crippen LogP contribution in [0.2, 0.25) is 0 Å². The van der Waals surface area contributed by atoms with E-state index in [0.717, 1.165) is 44.9 Å². The molecule has 0 saturated heterocycles. The average Bonchev–Trinajstić information content (AvgIpc) is 2.79. The van der Waals surface area contributed by atoms with E-state index in [-0.39, 0.29) is 27.1 Å². The second-order valence-electron chi connectivity index (χ2n) is 15.1. The first-order valence-electron chi connectivity index (χ1n) is 14.6. The van der Waals surface area contributed by atoms with E-state index in [1.807, 2.05) is 0 Å². The molecule has 0 bridgehead atoms. The third-order valence-electron chi connectivity index (χ3n) is 13.6. The van der Waals surface area contributed by atoms with Gasteiger partial charge in [0.05, 0.1) is 12.2 Å². The Bertz CT molecular complexity index is 941. The van der Waals surface area contributed by atoms with Gasteiger partial charge in [-0.1, -0.05) is 60.1 Å². The molecule has 0 spiro atoms. The quantitative estimate of drug-likeness (QED) is 0.290. The fourth-order valence-corrected chi connectivity index (χ4v) is 11.2. The summed E-state index contributed by atoms with van der Waals surface area (Å²) in [6.45, 7) is 16.9. The Morgan fingerprint density at radius 1 is 1.00 bits per heavy atom. The molecular weight excluding hydrogens is 452 g/mol. The van der Waals surface area contributed by atoms with Crippen molar-refractivity contribution >= 4 is 6.16 Å². The van der Waals surface area contributed by atoms with Crippen molar-refractivity contribution in [1.29, 1.82) is 0 Å². The van der Waals surface area contributed by atoms with Crippen LogP contribution < -0.4 is 0 Å². The third kappa shape index (κ3) is 3.30. The number of hydrogen-bond donors (Lipinski definition) is 3. The summed E-state index contributed by atoms with van der Waals surface area (Å²) in [5, 5.41) is 31.3. The van der Waals surface area contributed by atoms with Crippen molar-refractivity contribution in [3.8, 4) is 0 Å². The number of allylic oxidation sites excluding steroid dienone is 2. The van der Waals surface area contributed by atoms with E-state index in [1.165, 1.54) is 0 Å². The molecule has 4 saturated carbocycles. The van der Waals surface area contributed by atoms with E-state index < -0.39 is 18.4 Å². The van der Waals surface area contributed by atoms with Crippen molar-refractivity contribution in [3.05, 3.63) is 11.6 Å². The van der Waals surface area contributed by atoms with Gasteiger partial charge in [0.1, 0.15) is 6.61 Å². The standard InChI is InChI=1S/C31H50O5/c1-18-10-13-31(17-36-26(34)35)15-14-29(6)20(24(31)19(18)2)8-9-23-28(5)16-21(32)25(33)27(3,4)22(28)11-12-30(23,29)7/h8,18-19,21-25,32-33H,9-17H2,1-7H3,(H,34,35)/t18-,19+,21-,22?,23-,24+,25+,28+,29-,30-,31-/m1/s1. The molecule has 3 N–H and O–H groups in total. The number of aliphatic hydroxyl groups excluding tert-OH is 2. The molecule has 36 heavy (non-hydrogen) atoms. The predicted octanol–water partition coefficient (Wildman–Crippen LogP) is 6.67. The van der Waals surface area contributed by atoms with Crippen molar-refractivity contribution in [2.75, 3.05) is 6.61 Å². The van der Waals surface area contributed by atoms with Gasteiger partial charge in [-0.3, -0.25) is 0 Å². The van der Waals surface area contributed by atoms with Crippen molar-refractivity contribution < 1.29 is 24.9 Å². The van der Waals surface area contributed by atoms with Gasteiger partial charge in [-0.05, 0) is 103 Å². The average molecular weight is 503 g/mol. The van der Waals surface area contributed by atoms with Gasteiger partial charge in [-0.2, -0.15) is 0 Å². The summed E-state index contributed by atoms with van der Waals surface area (Å²) in [5.74, 6) is 2.32. The highest BCUT2D eigenvalue weighted by Gasteiger charge is 2.69. The van der Waals surface area contributed by atoms with E-state index >= 15 is 0 Å². The molecule has 5 nitrogen and oxygen atoms in total. The Labute approximate surface area is 218 Å². The second-order valence-corrected chi connectivity index (χ2v) is 15.1. The van der Waals surface area contributed by atoms with Gasteiger partial charge >= 0.3 is 6.16 Å². The minimum absolute atomic E-state index is 0.0212. The van der Waals surface area contributed by atoms with Gasteiger partial charge in [0, 0.05) is 5.41 Å². The first-order valence-corrected chi connectivity index (χ1v) is 14.6. The van der Waals surface area contributed by atoms with E-state index in [9.17, 15) is 20.1 Å². The van der Waals surface area contributed by atoms with Crippen molar-refractivity contribution in [1.82, 2.24) is 0 Å². The fraction of sp³-hybridized carbons (Fsp3) is 0.903. The number of fused-ring (bicyclic) bond motifs is 7. The molecule has 5 aliphatic carbocycles. The molecule has 1 unspecified atom stereocenters. The number of carbonyl (C=O) groups is 1. The van der Waals surface area contributed by atoms with Crippen LogP contribution in [0, 0.1) is 56.7 Å². The maximum atomic E-state index is 11.4. The van der Waals surface area contributed by atoms with Crippen LogP contribution in [0.3, 0.4) is 0 Å². The van der Waals surface area contributed by atoms with E-state index in [0.29, 0.717) is 42.6 Å². The van der Waals surface area contributed by atoms with Crippen molar-refractivity contribution in [2.24, 2.45) is 56.7 Å². The Morgan fingerprint density at radius 2 is 1.69 bits per heavy atom. The zero-order chi connectivity index (χ0) is 26.5. The maximum Gasteiger partial charge on any atom is 0.505 e. The molecule has 5 rings (SSSR count). The summed E-state index contributed by atoms with van der Waals surface area (Å²) >= 11 is 0. The molecule has 0 aromatic rings. The summed E-state index contributed by atoms with van der Waals surface area (Å²) < 4.78 is 5.34. The fourth-order valence-electron chi connectivity index (χ4n) is 11.2. The SMILES string of the molecule is C[C@H]1[C@H](C)CC[C@]2(COC(=O)O)CC[C@]3(C)C(=CC[C@@H]4[C@@]5(C)C[C@@H](O)[C@H](O)C(C)(C)C5CC[C@]43C)[C@H]12. The largest absolute Gasteiger partial charge is 0.505 e. The van der Waals surface area contributed by atoms with E-state index in [1.54, 1.807) is 5.57 Å². The summed E-state index contributed by atoms with van der Waals surface area (Å²) in [4.78, 5) is 11.4. The Balaban J connectivity index is 1.58. The van der Waals surface area contributed by atoms with Crippen LogP contribution in [-0.4, -0.2) is 40.3 Å². The van der Waals surface area contributed by atoms with Crippen LogP contribution in [0.1, 0.15) is 99.8 Å². The van der Waals surface area contributed by atoms with Crippen LogP contribution in [0.4, 0.5) is 4.79 Å². The minimum Gasteiger partial charge on any atom is -0.450 e. The number of hydrogen-bond acceptors (Lipinski definition) is 4. The molecule has 0 radical (unpaired) electrons. The molecule has 0 aromatic heterocycles. The van der Waals surface area contributed by atoms with Crippen LogP contribution in [0.25, 0.3) is 0 Å². The Hall–Kier alpha value is -1.07. The number of carboxylic acid groups (broad SMARTS) is 1. The maximum absolute atomic E-state index is 11.4. The first-order chi connectivity index (χ1) is 16.6. The van der Waals surface area contributed by atoms with Gasteiger partial charge in [-0.25, -0.2) is 4.79 Å². The lowest BCUT2D eigenvalue weighted by Crippen LogP contribution is -2.67. The van der Waals surface area contributed by atoms with Crippen LogP contribution in [-0.2, 0) is 4.74 Å². The lowest BCUT2D eigenvalue weighted by molar-refractivity contribution is -0.232. The molecule has 0 amide bonds. The molecule has 0 heterocycles. The summed E-state index contributed by atoms with van der Waals surface area (Å²) in [7, 11) is 0. The molecule has 4 fully saturated rings. The lowest BCUT2D eigenvalue weighted by atomic mass is 9.33. The lowest BCUT2D eigenvalue weighted by Gasteiger charge is -2.72. The molecule has 5 heteroatoms. The van der Waals surface area contributed by atoms with Crippen LogP contribution >= 0.6 is 0 Å². The summed E-state index contributed by atoms with van der Waals surface area (Å²) in [6, 6.07) is 0. The normalized spacial score (nSPS) is 53.7. The zero-order valence-electron chi connectivity index (χ0n) is 23.6. The number of aliphatic hydroxyl groups is 2. The molecule has 11 atom stereocenters. The smallest absolute Gasteiger partial charge is 0.450 e. The predicted molar refractivity (Wildman–Crippen MR) is 140 cm³/mol. The minimum atomic E-state index is -1.15. The monoisotopic (exact) mass is 502 g/mol. The van der Waals surface area contributed by atoms with E-state index in [2.05, 4.69) is 54.5 Å². The number of rotatable bonds is 2. The molecule has 5 aliphatic rings. The highest BCUT2D eigenvalue weighted by Crippen LogP contribution is 2.75. The number of ether oxygens (including phenoxy) is 1. The highest BCUT2D eigenvalue weighted by atomic mass is 16.7. The summed E-state index contributed by atoms with van der Waals surface area (Å²) in [6.07, 6.45) is 8.27. The first kappa shape index (κ1) is 26.5. The van der Waals surface area contributed by atoms with Gasteiger partial charge in [0.25, 0.3) is 0 Å². The second kappa shape index (κ2) is 8.21. The van der Waals surface area contributed by atoms with Gasteiger partial charge in [0.2, 0.25) is 0 Å². The van der Waals surface area contributed by atoms with Gasteiger partial charge in [0.15, 0.2) is 0 Å². The Kier molecular flexibility index (Phi) is 6.05. The van der Waals surface area contributed by atoms with Gasteiger partial charge in [-0.15, -0.1) is 0 Å². The molecule has 0 aromatic carbocycles. The molecule has 204 valence electrons. The Morgan fingerprint density at radius 3 is 2.36 bits per heavy atom. The van der Waals surface area contributed by atoms with Crippen molar-refractivity contribution in [3.63, 3.8) is 0 Å². The zero-order valence-corrected chi connectivity index (χ0v) is 23.6. The third-order valence-corrected chi connectivity index (χ3v) is 13.6. The van der Waals surface area contributed by atoms with Crippen LogP contribution in [0.15, 0.2) is 11.6 Å². The van der Waals surface area contributed by atoms with Crippen LogP contribution in [0.5, 0.6) is 0 Å². The molecular formula is C31H50O5.